The Morgan fingerprint density at radius 3 is 2.69 bits per heavy atom. The van der Waals surface area contributed by atoms with Crippen molar-refractivity contribution in [3.8, 4) is 0 Å². The average Bonchev–Trinajstić information content (AvgIpc) is 2.23. The Labute approximate surface area is 97.7 Å². The molecule has 88 valence electrons. The summed E-state index contributed by atoms with van der Waals surface area (Å²) in [5.41, 5.74) is 7.45. The van der Waals surface area contributed by atoms with Gasteiger partial charge in [-0.1, -0.05) is 12.5 Å². The lowest BCUT2D eigenvalue weighted by Crippen LogP contribution is -2.38. The number of aromatic nitrogens is 1. The van der Waals surface area contributed by atoms with Crippen molar-refractivity contribution in [2.75, 3.05) is 25.5 Å². The highest BCUT2D eigenvalue weighted by atomic mass is 15.1. The highest BCUT2D eigenvalue weighted by Gasteiger charge is 2.39. The summed E-state index contributed by atoms with van der Waals surface area (Å²) < 4.78 is 0. The Hall–Kier alpha value is -1.09. The Bertz CT molecular complexity index is 356. The van der Waals surface area contributed by atoms with Crippen LogP contribution in [0.25, 0.3) is 0 Å². The maximum Gasteiger partial charge on any atom is 0.131 e. The third-order valence-corrected chi connectivity index (χ3v) is 3.72. The summed E-state index contributed by atoms with van der Waals surface area (Å²) in [7, 11) is 4.11. The molecule has 1 aliphatic rings. The Balaban J connectivity index is 2.37. The van der Waals surface area contributed by atoms with E-state index in [4.69, 9.17) is 5.73 Å². The van der Waals surface area contributed by atoms with Gasteiger partial charge in [-0.15, -0.1) is 0 Å². The topological polar surface area (TPSA) is 42.2 Å². The smallest absolute Gasteiger partial charge is 0.131 e. The molecule has 3 nitrogen and oxygen atoms in total. The molecule has 0 aromatic carbocycles. The third-order valence-electron chi connectivity index (χ3n) is 3.72. The molecule has 16 heavy (non-hydrogen) atoms. The van der Waals surface area contributed by atoms with Crippen molar-refractivity contribution in [2.45, 2.75) is 31.1 Å². The number of nitrogens with two attached hydrogens (primary N) is 1. The van der Waals surface area contributed by atoms with Crippen LogP contribution in [-0.4, -0.2) is 25.6 Å². The molecule has 2 N–H and O–H groups in total. The fourth-order valence-electron chi connectivity index (χ4n) is 2.70. The zero-order chi connectivity index (χ0) is 11.6. The van der Waals surface area contributed by atoms with Gasteiger partial charge in [-0.05, 0) is 31.9 Å². The quantitative estimate of drug-likeness (QED) is 0.841. The van der Waals surface area contributed by atoms with Crippen molar-refractivity contribution in [2.24, 2.45) is 5.73 Å². The first kappa shape index (κ1) is 11.4. The van der Waals surface area contributed by atoms with Gasteiger partial charge >= 0.3 is 0 Å². The lowest BCUT2D eigenvalue weighted by Gasteiger charge is -2.43. The van der Waals surface area contributed by atoms with Crippen LogP contribution in [0.3, 0.4) is 0 Å². The van der Waals surface area contributed by atoms with Gasteiger partial charge in [0.2, 0.25) is 0 Å². The second kappa shape index (κ2) is 4.42. The fourth-order valence-corrected chi connectivity index (χ4v) is 2.70. The molecule has 0 radical (unpaired) electrons. The Morgan fingerprint density at radius 2 is 2.19 bits per heavy atom. The molecule has 0 saturated heterocycles. The molecular weight excluding hydrogens is 198 g/mol. The van der Waals surface area contributed by atoms with Gasteiger partial charge in [0.25, 0.3) is 0 Å². The second-order valence-corrected chi connectivity index (χ2v) is 4.94. The van der Waals surface area contributed by atoms with Crippen molar-refractivity contribution < 1.29 is 0 Å². The van der Waals surface area contributed by atoms with E-state index >= 15 is 0 Å². The molecule has 1 fully saturated rings. The molecule has 1 aliphatic carbocycles. The van der Waals surface area contributed by atoms with E-state index in [-0.39, 0.29) is 0 Å². The normalized spacial score (nSPS) is 17.9. The van der Waals surface area contributed by atoms with Crippen LogP contribution in [0.4, 0.5) is 5.82 Å². The van der Waals surface area contributed by atoms with E-state index in [0.717, 1.165) is 18.8 Å². The minimum atomic E-state index is 0.308. The first-order chi connectivity index (χ1) is 7.69. The molecule has 0 spiro atoms. The van der Waals surface area contributed by atoms with Gasteiger partial charge in [-0.3, -0.25) is 0 Å². The second-order valence-electron chi connectivity index (χ2n) is 4.94. The number of hydrogen-bond acceptors (Lipinski definition) is 3. The largest absolute Gasteiger partial charge is 0.363 e. The predicted octanol–water partition coefficient (Wildman–Crippen LogP) is 1.92. The van der Waals surface area contributed by atoms with Gasteiger partial charge < -0.3 is 10.6 Å². The van der Waals surface area contributed by atoms with Crippen LogP contribution < -0.4 is 10.6 Å². The molecule has 3 heteroatoms. The zero-order valence-electron chi connectivity index (χ0n) is 10.2. The monoisotopic (exact) mass is 219 g/mol. The highest BCUT2D eigenvalue weighted by molar-refractivity contribution is 5.50. The summed E-state index contributed by atoms with van der Waals surface area (Å²) >= 11 is 0. The van der Waals surface area contributed by atoms with Crippen molar-refractivity contribution >= 4 is 5.82 Å². The van der Waals surface area contributed by atoms with Crippen molar-refractivity contribution in [3.05, 3.63) is 23.9 Å². The summed E-state index contributed by atoms with van der Waals surface area (Å²) in [6, 6.07) is 4.26. The molecule has 0 aliphatic heterocycles. The molecule has 0 bridgehead atoms. The van der Waals surface area contributed by atoms with Crippen LogP contribution >= 0.6 is 0 Å². The van der Waals surface area contributed by atoms with Gasteiger partial charge in [0, 0.05) is 31.3 Å². The van der Waals surface area contributed by atoms with E-state index in [1.54, 1.807) is 0 Å². The van der Waals surface area contributed by atoms with E-state index < -0.39 is 0 Å². The van der Waals surface area contributed by atoms with Crippen LogP contribution in [0.1, 0.15) is 31.2 Å². The van der Waals surface area contributed by atoms with Crippen LogP contribution in [0, 0.1) is 0 Å². The van der Waals surface area contributed by atoms with E-state index in [9.17, 15) is 0 Å². The summed E-state index contributed by atoms with van der Waals surface area (Å²) in [6.07, 6.45) is 6.79. The summed E-state index contributed by atoms with van der Waals surface area (Å²) in [4.78, 5) is 6.60. The molecule has 1 saturated carbocycles. The summed E-state index contributed by atoms with van der Waals surface area (Å²) in [5, 5.41) is 0. The summed E-state index contributed by atoms with van der Waals surface area (Å²) in [5.74, 6) is 1.11. The van der Waals surface area contributed by atoms with Gasteiger partial charge in [0.1, 0.15) is 5.82 Å². The third kappa shape index (κ3) is 1.80. The van der Waals surface area contributed by atoms with E-state index in [1.165, 1.54) is 24.8 Å². The number of nitrogens with zero attached hydrogens (tertiary/aromatic N) is 2. The molecule has 0 atom stereocenters. The molecule has 1 heterocycles. The first-order valence-corrected chi connectivity index (χ1v) is 6.02. The predicted molar refractivity (Wildman–Crippen MR) is 67.8 cm³/mol. The van der Waals surface area contributed by atoms with Crippen molar-refractivity contribution in [1.82, 2.24) is 4.98 Å². The maximum atomic E-state index is 5.75. The molecule has 1 aromatic rings. The maximum absolute atomic E-state index is 5.75. The standard InChI is InChI=1S/C13H21N3/c1-16(2)12-11(5-3-10-15-12)13(8-9-14)6-4-7-13/h3,5,10H,4,6-9,14H2,1-2H3. The number of pyridine rings is 1. The van der Waals surface area contributed by atoms with E-state index in [0.29, 0.717) is 5.41 Å². The minimum absolute atomic E-state index is 0.308. The molecular formula is C13H21N3. The average molecular weight is 219 g/mol. The van der Waals surface area contributed by atoms with Crippen LogP contribution in [-0.2, 0) is 5.41 Å². The summed E-state index contributed by atoms with van der Waals surface area (Å²) in [6.45, 7) is 0.766. The number of anilines is 1. The van der Waals surface area contributed by atoms with E-state index in [1.807, 2.05) is 12.3 Å². The van der Waals surface area contributed by atoms with Gasteiger partial charge in [-0.25, -0.2) is 4.98 Å². The van der Waals surface area contributed by atoms with E-state index in [2.05, 4.69) is 30.0 Å². The van der Waals surface area contributed by atoms with Gasteiger partial charge in [-0.2, -0.15) is 0 Å². The Morgan fingerprint density at radius 1 is 1.44 bits per heavy atom. The van der Waals surface area contributed by atoms with Gasteiger partial charge in [0.05, 0.1) is 0 Å². The molecule has 0 amide bonds. The lowest BCUT2D eigenvalue weighted by atomic mass is 9.62. The highest BCUT2D eigenvalue weighted by Crippen LogP contribution is 2.48. The Kier molecular flexibility index (Phi) is 3.15. The fraction of sp³-hybridized carbons (Fsp3) is 0.615. The van der Waals surface area contributed by atoms with Crippen molar-refractivity contribution in [3.63, 3.8) is 0 Å². The minimum Gasteiger partial charge on any atom is -0.363 e. The zero-order valence-corrected chi connectivity index (χ0v) is 10.2. The lowest BCUT2D eigenvalue weighted by molar-refractivity contribution is 0.229. The molecule has 0 unspecified atom stereocenters. The van der Waals surface area contributed by atoms with Gasteiger partial charge in [0.15, 0.2) is 0 Å². The number of rotatable bonds is 4. The van der Waals surface area contributed by atoms with Crippen LogP contribution in [0.2, 0.25) is 0 Å². The number of hydrogen-bond donors (Lipinski definition) is 1. The van der Waals surface area contributed by atoms with Crippen molar-refractivity contribution in [1.29, 1.82) is 0 Å². The first-order valence-electron chi connectivity index (χ1n) is 6.02. The molecule has 1 aromatic heterocycles. The SMILES string of the molecule is CN(C)c1ncccc1C1(CCN)CCC1. The molecule has 2 rings (SSSR count). The van der Waals surface area contributed by atoms with Crippen LogP contribution in [0.15, 0.2) is 18.3 Å². The van der Waals surface area contributed by atoms with Crippen LogP contribution in [0.5, 0.6) is 0 Å².